The number of aromatic hydroxyl groups is 1. The van der Waals surface area contributed by atoms with Gasteiger partial charge in [0.25, 0.3) is 0 Å². The van der Waals surface area contributed by atoms with E-state index < -0.39 is 0 Å². The number of fused-ring (bicyclic) bond motifs is 2. The predicted molar refractivity (Wildman–Crippen MR) is 79.2 cm³/mol. The van der Waals surface area contributed by atoms with Crippen molar-refractivity contribution in [1.82, 2.24) is 0 Å². The Balaban J connectivity index is 0.00000120. The second-order valence-electron chi connectivity index (χ2n) is 4.32. The first kappa shape index (κ1) is 12.4. The molecular formula is C17H18O. The summed E-state index contributed by atoms with van der Waals surface area (Å²) < 4.78 is 0. The van der Waals surface area contributed by atoms with Crippen molar-refractivity contribution in [3.05, 3.63) is 54.1 Å². The monoisotopic (exact) mass is 238 g/mol. The molecule has 0 aliphatic carbocycles. The minimum absolute atomic E-state index is 0. The fraction of sp³-hybridized carbons (Fsp3) is 0.176. The molecule has 0 spiro atoms. The van der Waals surface area contributed by atoms with Crippen LogP contribution in [0.1, 0.15) is 19.9 Å². The van der Waals surface area contributed by atoms with Crippen LogP contribution < -0.4 is 0 Å². The van der Waals surface area contributed by atoms with Crippen LogP contribution >= 0.6 is 0 Å². The molecule has 3 aromatic rings. The van der Waals surface area contributed by atoms with Crippen LogP contribution in [-0.2, 0) is 6.42 Å². The van der Waals surface area contributed by atoms with E-state index in [4.69, 9.17) is 0 Å². The molecule has 18 heavy (non-hydrogen) atoms. The van der Waals surface area contributed by atoms with Gasteiger partial charge in [-0.2, -0.15) is 0 Å². The Hall–Kier alpha value is -2.02. The van der Waals surface area contributed by atoms with Crippen LogP contribution in [0.25, 0.3) is 21.5 Å². The molecular weight excluding hydrogens is 220 g/mol. The zero-order valence-electron chi connectivity index (χ0n) is 9.77. The second-order valence-corrected chi connectivity index (χ2v) is 4.32. The summed E-state index contributed by atoms with van der Waals surface area (Å²) in [4.78, 5) is 0. The van der Waals surface area contributed by atoms with E-state index in [0.29, 0.717) is 5.75 Å². The first-order valence-corrected chi connectivity index (χ1v) is 5.93. The van der Waals surface area contributed by atoms with Gasteiger partial charge >= 0.3 is 0 Å². The minimum Gasteiger partial charge on any atom is -0.507 e. The summed E-state index contributed by atoms with van der Waals surface area (Å²) in [6.45, 7) is 2.11. The van der Waals surface area contributed by atoms with Gasteiger partial charge in [-0.05, 0) is 28.8 Å². The van der Waals surface area contributed by atoms with Gasteiger partial charge in [-0.1, -0.05) is 56.8 Å². The summed E-state index contributed by atoms with van der Waals surface area (Å²) in [7, 11) is 0. The Kier molecular flexibility index (Phi) is 3.24. The van der Waals surface area contributed by atoms with Crippen molar-refractivity contribution in [3.63, 3.8) is 0 Å². The number of benzene rings is 3. The highest BCUT2D eigenvalue weighted by molar-refractivity contribution is 6.06. The van der Waals surface area contributed by atoms with Gasteiger partial charge < -0.3 is 5.11 Å². The third-order valence-corrected chi connectivity index (χ3v) is 3.33. The van der Waals surface area contributed by atoms with E-state index in [0.717, 1.165) is 28.0 Å². The molecule has 0 unspecified atom stereocenters. The molecule has 3 rings (SSSR count). The molecule has 0 bridgehead atoms. The SMILES string of the molecule is C.CCc1cccc2cc3ccccc3c(O)c12. The van der Waals surface area contributed by atoms with Crippen molar-refractivity contribution in [2.24, 2.45) is 0 Å². The van der Waals surface area contributed by atoms with E-state index in [2.05, 4.69) is 31.2 Å². The number of phenols is 1. The summed E-state index contributed by atoms with van der Waals surface area (Å²) in [5.74, 6) is 0.413. The topological polar surface area (TPSA) is 20.2 Å². The first-order chi connectivity index (χ1) is 8.31. The fourth-order valence-electron chi connectivity index (χ4n) is 2.46. The zero-order valence-corrected chi connectivity index (χ0v) is 9.77. The molecule has 0 saturated carbocycles. The Morgan fingerprint density at radius 3 is 2.44 bits per heavy atom. The van der Waals surface area contributed by atoms with Crippen LogP contribution in [0.3, 0.4) is 0 Å². The van der Waals surface area contributed by atoms with Gasteiger partial charge in [-0.3, -0.25) is 0 Å². The molecule has 0 aromatic heterocycles. The highest BCUT2D eigenvalue weighted by Gasteiger charge is 2.08. The normalized spacial score (nSPS) is 10.5. The van der Waals surface area contributed by atoms with Crippen molar-refractivity contribution >= 4 is 21.5 Å². The fourth-order valence-corrected chi connectivity index (χ4v) is 2.46. The summed E-state index contributed by atoms with van der Waals surface area (Å²) in [6.07, 6.45) is 0.934. The molecule has 0 aliphatic rings. The standard InChI is InChI=1S/C16H14O.CH4/c1-2-11-7-5-8-13-10-12-6-3-4-9-14(12)16(17)15(11)13;/h3-10,17H,2H2,1H3;1H4. The van der Waals surface area contributed by atoms with Gasteiger partial charge in [0.05, 0.1) is 0 Å². The average Bonchev–Trinajstić information content (AvgIpc) is 2.38. The van der Waals surface area contributed by atoms with Crippen molar-refractivity contribution in [2.45, 2.75) is 20.8 Å². The lowest BCUT2D eigenvalue weighted by atomic mass is 9.97. The summed E-state index contributed by atoms with van der Waals surface area (Å²) in [5.41, 5.74) is 1.20. The van der Waals surface area contributed by atoms with E-state index in [1.54, 1.807) is 0 Å². The Labute approximate surface area is 108 Å². The number of phenolic OH excluding ortho intramolecular Hbond substituents is 1. The highest BCUT2D eigenvalue weighted by Crippen LogP contribution is 2.35. The quantitative estimate of drug-likeness (QED) is 0.598. The van der Waals surface area contributed by atoms with Crippen LogP contribution in [0.2, 0.25) is 0 Å². The van der Waals surface area contributed by atoms with Crippen molar-refractivity contribution in [2.75, 3.05) is 0 Å². The lowest BCUT2D eigenvalue weighted by Gasteiger charge is -2.09. The number of aryl methyl sites for hydroxylation is 1. The molecule has 0 amide bonds. The van der Waals surface area contributed by atoms with E-state index in [1.807, 2.05) is 24.3 Å². The Morgan fingerprint density at radius 2 is 1.67 bits per heavy atom. The molecule has 0 saturated heterocycles. The maximum Gasteiger partial charge on any atom is 0.131 e. The zero-order chi connectivity index (χ0) is 11.8. The maximum atomic E-state index is 10.4. The summed E-state index contributed by atoms with van der Waals surface area (Å²) in [6, 6.07) is 16.3. The van der Waals surface area contributed by atoms with Crippen molar-refractivity contribution < 1.29 is 5.11 Å². The molecule has 0 radical (unpaired) electrons. The van der Waals surface area contributed by atoms with E-state index in [-0.39, 0.29) is 7.43 Å². The molecule has 1 heteroatoms. The minimum atomic E-state index is 0. The van der Waals surface area contributed by atoms with Gasteiger partial charge in [-0.25, -0.2) is 0 Å². The lowest BCUT2D eigenvalue weighted by molar-refractivity contribution is 0.487. The van der Waals surface area contributed by atoms with Crippen LogP contribution in [0.15, 0.2) is 48.5 Å². The highest BCUT2D eigenvalue weighted by atomic mass is 16.3. The van der Waals surface area contributed by atoms with Crippen LogP contribution in [0, 0.1) is 0 Å². The van der Waals surface area contributed by atoms with E-state index in [9.17, 15) is 5.11 Å². The third-order valence-electron chi connectivity index (χ3n) is 3.33. The van der Waals surface area contributed by atoms with Gasteiger partial charge in [0.2, 0.25) is 0 Å². The molecule has 3 aromatic carbocycles. The molecule has 0 atom stereocenters. The molecule has 0 fully saturated rings. The molecule has 0 aliphatic heterocycles. The lowest BCUT2D eigenvalue weighted by Crippen LogP contribution is -1.85. The molecule has 92 valence electrons. The van der Waals surface area contributed by atoms with Crippen molar-refractivity contribution in [3.8, 4) is 5.75 Å². The molecule has 1 N–H and O–H groups in total. The maximum absolute atomic E-state index is 10.4. The second kappa shape index (κ2) is 4.69. The smallest absolute Gasteiger partial charge is 0.131 e. The number of hydrogen-bond donors (Lipinski definition) is 1. The molecule has 1 nitrogen and oxygen atoms in total. The van der Waals surface area contributed by atoms with Crippen LogP contribution in [0.4, 0.5) is 0 Å². The average molecular weight is 238 g/mol. The number of hydrogen-bond acceptors (Lipinski definition) is 1. The summed E-state index contributed by atoms with van der Waals surface area (Å²) >= 11 is 0. The summed E-state index contributed by atoms with van der Waals surface area (Å²) in [5, 5.41) is 14.5. The third kappa shape index (κ3) is 1.72. The predicted octanol–water partition coefficient (Wildman–Crippen LogP) is 4.90. The first-order valence-electron chi connectivity index (χ1n) is 5.93. The van der Waals surface area contributed by atoms with Gasteiger partial charge in [0.1, 0.15) is 5.75 Å². The molecule has 0 heterocycles. The van der Waals surface area contributed by atoms with Gasteiger partial charge in [0.15, 0.2) is 0 Å². The van der Waals surface area contributed by atoms with E-state index >= 15 is 0 Å². The Bertz CT molecular complexity index is 698. The van der Waals surface area contributed by atoms with Gasteiger partial charge in [-0.15, -0.1) is 0 Å². The van der Waals surface area contributed by atoms with Gasteiger partial charge in [0, 0.05) is 10.8 Å². The van der Waals surface area contributed by atoms with E-state index in [1.165, 1.54) is 5.56 Å². The number of rotatable bonds is 1. The van der Waals surface area contributed by atoms with Crippen LogP contribution in [-0.4, -0.2) is 5.11 Å². The van der Waals surface area contributed by atoms with Crippen molar-refractivity contribution in [1.29, 1.82) is 0 Å². The largest absolute Gasteiger partial charge is 0.507 e. The van der Waals surface area contributed by atoms with Crippen LogP contribution in [0.5, 0.6) is 5.75 Å². The Morgan fingerprint density at radius 1 is 0.944 bits per heavy atom.